The number of ether oxygens (including phenoxy) is 1. The van der Waals surface area contributed by atoms with E-state index in [1.165, 1.54) is 15.6 Å². The van der Waals surface area contributed by atoms with E-state index in [9.17, 15) is 8.42 Å². The minimum Gasteiger partial charge on any atom is -0.365 e. The molecule has 2 aromatic heterocycles. The number of rotatable bonds is 9. The van der Waals surface area contributed by atoms with Crippen LogP contribution in [0, 0.1) is 13.5 Å². The maximum absolute atomic E-state index is 13.9. The third-order valence-corrected chi connectivity index (χ3v) is 10.8. The molecule has 0 bridgehead atoms. The molecule has 182 valence electrons. The second-order valence-corrected chi connectivity index (χ2v) is 19.2. The lowest BCUT2D eigenvalue weighted by Crippen LogP contribution is -2.42. The third kappa shape index (κ3) is 4.84. The summed E-state index contributed by atoms with van der Waals surface area (Å²) in [6.07, 6.45) is 0.997. The molecule has 4 rings (SSSR count). The van der Waals surface area contributed by atoms with Gasteiger partial charge in [0.15, 0.2) is 5.01 Å². The van der Waals surface area contributed by atoms with Crippen LogP contribution in [0.5, 0.6) is 0 Å². The first kappa shape index (κ1) is 25.4. The maximum Gasteiger partial charge on any atom is 0.303 e. The first-order valence-electron chi connectivity index (χ1n) is 10.8. The molecule has 34 heavy (non-hydrogen) atoms. The summed E-state index contributed by atoms with van der Waals surface area (Å²) < 4.78 is 37.1. The van der Waals surface area contributed by atoms with Crippen molar-refractivity contribution in [1.29, 1.82) is 0 Å². The highest BCUT2D eigenvalue weighted by molar-refractivity contribution is 9.10. The fourth-order valence-corrected chi connectivity index (χ4v) is 7.62. The normalized spacial score (nSPS) is 15.7. The lowest BCUT2D eigenvalue weighted by molar-refractivity contribution is 0.0642. The molecule has 0 radical (unpaired) electrons. The number of hydrogen-bond donors (Lipinski definition) is 0. The van der Waals surface area contributed by atoms with Crippen LogP contribution in [0.25, 0.3) is 26.4 Å². The van der Waals surface area contributed by atoms with Crippen molar-refractivity contribution in [2.24, 2.45) is 7.05 Å². The van der Waals surface area contributed by atoms with E-state index in [-0.39, 0.29) is 11.6 Å². The molecule has 0 aliphatic heterocycles. The van der Waals surface area contributed by atoms with Crippen LogP contribution in [-0.4, -0.2) is 59.8 Å². The summed E-state index contributed by atoms with van der Waals surface area (Å²) in [5, 5.41) is 14.9. The van der Waals surface area contributed by atoms with Crippen molar-refractivity contribution in [3.05, 3.63) is 33.0 Å². The van der Waals surface area contributed by atoms with Gasteiger partial charge >= 0.3 is 5.66 Å². The fourth-order valence-electron chi connectivity index (χ4n) is 3.63. The lowest BCUT2D eigenvalue weighted by atomic mass is 10.2. The van der Waals surface area contributed by atoms with E-state index in [0.717, 1.165) is 16.6 Å². The van der Waals surface area contributed by atoms with E-state index in [1.54, 1.807) is 23.9 Å². The van der Waals surface area contributed by atoms with E-state index in [1.807, 2.05) is 6.92 Å². The quantitative estimate of drug-likeness (QED) is 0.154. The lowest BCUT2D eigenvalue weighted by Gasteiger charge is -2.24. The molecule has 1 aliphatic rings. The zero-order valence-corrected chi connectivity index (χ0v) is 24.0. The molecule has 1 aromatic carbocycles. The Morgan fingerprint density at radius 3 is 2.59 bits per heavy atom. The van der Waals surface area contributed by atoms with E-state index in [0.29, 0.717) is 40.0 Å². The highest BCUT2D eigenvalue weighted by Crippen LogP contribution is 2.46. The largest absolute Gasteiger partial charge is 0.365 e. The van der Waals surface area contributed by atoms with Crippen LogP contribution in [0.1, 0.15) is 17.8 Å². The average Bonchev–Trinajstić information content (AvgIpc) is 3.29. The molecule has 1 saturated carbocycles. The molecule has 0 unspecified atom stereocenters. The van der Waals surface area contributed by atoms with Gasteiger partial charge in [-0.1, -0.05) is 35.3 Å². The van der Waals surface area contributed by atoms with Crippen LogP contribution >= 0.6 is 27.3 Å². The van der Waals surface area contributed by atoms with Gasteiger partial charge in [0.2, 0.25) is 0 Å². The summed E-state index contributed by atoms with van der Waals surface area (Å²) in [4.78, 5) is 3.78. The number of aromatic nitrogens is 4. The van der Waals surface area contributed by atoms with Crippen molar-refractivity contribution in [3.8, 4) is 10.7 Å². The molecule has 3 aromatic rings. The van der Waals surface area contributed by atoms with Gasteiger partial charge in [0, 0.05) is 31.6 Å². The second-order valence-electron chi connectivity index (χ2n) is 9.70. The van der Waals surface area contributed by atoms with E-state index in [2.05, 4.69) is 55.7 Å². The van der Waals surface area contributed by atoms with Crippen LogP contribution in [0.2, 0.25) is 25.7 Å². The van der Waals surface area contributed by atoms with Gasteiger partial charge in [0.25, 0.3) is 10.0 Å². The van der Waals surface area contributed by atoms with E-state index >= 15 is 0 Å². The Bertz CT molecular complexity index is 1390. The van der Waals surface area contributed by atoms with Gasteiger partial charge in [-0.2, -0.15) is 5.10 Å². The van der Waals surface area contributed by atoms with Crippen LogP contribution in [-0.2, 0) is 21.8 Å². The first-order valence-corrected chi connectivity index (χ1v) is 17.6. The van der Waals surface area contributed by atoms with Gasteiger partial charge in [0.05, 0.1) is 23.3 Å². The van der Waals surface area contributed by atoms with E-state index in [4.69, 9.17) is 11.3 Å². The molecule has 9 nitrogen and oxygen atoms in total. The first-order chi connectivity index (χ1) is 15.9. The third-order valence-electron chi connectivity index (χ3n) is 5.76. The summed E-state index contributed by atoms with van der Waals surface area (Å²) in [5.41, 5.74) is 0.254. The number of fused-ring (bicyclic) bond motifs is 1. The molecule has 13 heteroatoms. The van der Waals surface area contributed by atoms with Gasteiger partial charge in [-0.25, -0.2) is 15.0 Å². The number of nitrogens with zero attached hydrogens (tertiary/aromatic N) is 6. The average molecular weight is 584 g/mol. The standard InChI is InChI=1S/C21H27BrN6O3S2Si/c1-14-24-25-20(32-14)18-16-11-15(12-17(22)19(16)27(3)26-18)33(29,30)28(21(23-2)7-8-21)13-31-9-10-34(4,5)6/h11-12H,7-10,13H2,1,3-6H3. The molecular weight excluding hydrogens is 556 g/mol. The molecule has 0 N–H and O–H groups in total. The Kier molecular flexibility index (Phi) is 6.78. The number of halogens is 1. The zero-order chi connectivity index (χ0) is 24.9. The highest BCUT2D eigenvalue weighted by atomic mass is 79.9. The van der Waals surface area contributed by atoms with Crippen molar-refractivity contribution < 1.29 is 13.2 Å². The molecular formula is C21H27BrN6O3S2Si. The Morgan fingerprint density at radius 2 is 2.03 bits per heavy atom. The minimum atomic E-state index is -4.02. The van der Waals surface area contributed by atoms with Crippen LogP contribution in [0.15, 0.2) is 21.5 Å². The summed E-state index contributed by atoms with van der Waals surface area (Å²) in [7, 11) is -3.54. The van der Waals surface area contributed by atoms with Gasteiger partial charge in [-0.15, -0.1) is 10.2 Å². The van der Waals surface area contributed by atoms with Crippen LogP contribution in [0.3, 0.4) is 0 Å². The molecule has 0 atom stereocenters. The summed E-state index contributed by atoms with van der Waals surface area (Å²) >= 11 is 4.93. The Morgan fingerprint density at radius 1 is 1.32 bits per heavy atom. The number of aryl methyl sites for hydroxylation is 2. The van der Waals surface area contributed by atoms with Crippen LogP contribution in [0.4, 0.5) is 0 Å². The maximum atomic E-state index is 13.9. The van der Waals surface area contributed by atoms with Crippen molar-refractivity contribution in [1.82, 2.24) is 24.3 Å². The molecule has 0 spiro atoms. The van der Waals surface area contributed by atoms with Crippen LogP contribution < -0.4 is 0 Å². The summed E-state index contributed by atoms with van der Waals surface area (Å²) in [5.74, 6) is 0. The van der Waals surface area contributed by atoms with Crippen molar-refractivity contribution in [3.63, 3.8) is 0 Å². The smallest absolute Gasteiger partial charge is 0.303 e. The van der Waals surface area contributed by atoms with Crippen molar-refractivity contribution in [2.45, 2.75) is 56.0 Å². The molecule has 2 heterocycles. The summed E-state index contributed by atoms with van der Waals surface area (Å²) in [6, 6.07) is 4.11. The minimum absolute atomic E-state index is 0.0890. The second kappa shape index (κ2) is 9.07. The van der Waals surface area contributed by atoms with Gasteiger partial charge < -0.3 is 4.74 Å². The van der Waals surface area contributed by atoms with Crippen molar-refractivity contribution in [2.75, 3.05) is 13.3 Å². The van der Waals surface area contributed by atoms with Gasteiger partial charge in [-0.05, 0) is 41.0 Å². The topological polar surface area (TPSA) is 94.6 Å². The Hall–Kier alpha value is -1.69. The van der Waals surface area contributed by atoms with Gasteiger partial charge in [0.1, 0.15) is 17.4 Å². The molecule has 0 amide bonds. The van der Waals surface area contributed by atoms with Gasteiger partial charge in [-0.3, -0.25) is 9.53 Å². The summed E-state index contributed by atoms with van der Waals surface area (Å²) in [6.45, 7) is 16.6. The van der Waals surface area contributed by atoms with E-state index < -0.39 is 23.8 Å². The fraction of sp³-hybridized carbons (Fsp3) is 0.524. The monoisotopic (exact) mass is 582 g/mol. The predicted molar refractivity (Wildman–Crippen MR) is 139 cm³/mol. The Labute approximate surface area is 213 Å². The number of benzene rings is 1. The number of hydrogen-bond acceptors (Lipinski definition) is 7. The number of sulfonamides is 1. The Balaban J connectivity index is 1.75. The molecule has 1 fully saturated rings. The highest BCUT2D eigenvalue weighted by Gasteiger charge is 2.61. The zero-order valence-electron chi connectivity index (χ0n) is 19.8. The molecule has 0 saturated heterocycles. The molecule has 1 aliphatic carbocycles. The predicted octanol–water partition coefficient (Wildman–Crippen LogP) is 4.88. The van der Waals surface area contributed by atoms with Crippen molar-refractivity contribution >= 4 is 56.3 Å². The SMILES string of the molecule is [C-]#[N+]C1(N(COCC[Si](C)(C)C)S(=O)(=O)c2cc(Br)c3c(c2)c(-c2nnc(C)s2)nn3C)CC1.